The van der Waals surface area contributed by atoms with E-state index in [1.807, 2.05) is 56.5 Å². The number of hydrogen-bond acceptors (Lipinski definition) is 8. The number of thiazole rings is 1. The fraction of sp³-hybridized carbons (Fsp3) is 0.321. The van der Waals surface area contributed by atoms with Crippen molar-refractivity contribution < 1.29 is 19.0 Å². The smallest absolute Gasteiger partial charge is 0.338 e. The summed E-state index contributed by atoms with van der Waals surface area (Å²) in [6.45, 7) is 6.04. The summed E-state index contributed by atoms with van der Waals surface area (Å²) in [6.07, 6.45) is 3.78. The van der Waals surface area contributed by atoms with E-state index < -0.39 is 12.0 Å². The van der Waals surface area contributed by atoms with E-state index in [2.05, 4.69) is 4.99 Å². The van der Waals surface area contributed by atoms with Crippen LogP contribution in [-0.4, -0.2) is 37.6 Å². The Morgan fingerprint density at radius 1 is 1.16 bits per heavy atom. The van der Waals surface area contributed by atoms with Crippen molar-refractivity contribution in [1.29, 1.82) is 0 Å². The van der Waals surface area contributed by atoms with Crippen LogP contribution in [0, 0.1) is 5.92 Å². The van der Waals surface area contributed by atoms with Crippen LogP contribution in [0.3, 0.4) is 0 Å². The molecular formula is C28H30N2O5S2. The van der Waals surface area contributed by atoms with Gasteiger partial charge in [0.1, 0.15) is 0 Å². The number of methoxy groups -OCH3 is 2. The maximum absolute atomic E-state index is 13.9. The molecule has 9 heteroatoms. The highest BCUT2D eigenvalue weighted by Gasteiger charge is 2.33. The number of carbonyl (C=O) groups is 1. The first-order valence-corrected chi connectivity index (χ1v) is 13.9. The molecule has 4 rings (SSSR count). The van der Waals surface area contributed by atoms with Gasteiger partial charge in [-0.1, -0.05) is 49.4 Å². The minimum atomic E-state index is -0.652. The Morgan fingerprint density at radius 2 is 1.89 bits per heavy atom. The van der Waals surface area contributed by atoms with E-state index in [-0.39, 0.29) is 18.1 Å². The van der Waals surface area contributed by atoms with Crippen LogP contribution in [0.4, 0.5) is 0 Å². The van der Waals surface area contributed by atoms with Crippen LogP contribution in [0.1, 0.15) is 37.9 Å². The molecule has 1 aliphatic heterocycles. The summed E-state index contributed by atoms with van der Waals surface area (Å²) in [5.41, 5.74) is 2.19. The average Bonchev–Trinajstić information content (AvgIpc) is 3.20. The van der Waals surface area contributed by atoms with E-state index in [1.165, 1.54) is 11.3 Å². The first-order valence-electron chi connectivity index (χ1n) is 11.8. The molecule has 37 heavy (non-hydrogen) atoms. The highest BCUT2D eigenvalue weighted by molar-refractivity contribution is 7.98. The molecule has 1 unspecified atom stereocenters. The lowest BCUT2D eigenvalue weighted by atomic mass is 9.96. The molecular weight excluding hydrogens is 508 g/mol. The van der Waals surface area contributed by atoms with E-state index in [0.717, 1.165) is 10.5 Å². The predicted molar refractivity (Wildman–Crippen MR) is 147 cm³/mol. The first-order chi connectivity index (χ1) is 17.8. The molecule has 0 radical (unpaired) electrons. The summed E-state index contributed by atoms with van der Waals surface area (Å²) >= 11 is 2.90. The number of hydrogen-bond donors (Lipinski definition) is 0. The SMILES string of the molecule is COc1cccc(C=c2sc3n(c2=O)C(c2ccc(SC)cc2)C(C(=O)OCC(C)C)=C(C)N=3)c1OC. The highest BCUT2D eigenvalue weighted by atomic mass is 32.2. The van der Waals surface area contributed by atoms with E-state index in [1.54, 1.807) is 49.6 Å². The lowest BCUT2D eigenvalue weighted by Gasteiger charge is -2.25. The van der Waals surface area contributed by atoms with Gasteiger partial charge in [0.25, 0.3) is 5.56 Å². The van der Waals surface area contributed by atoms with E-state index in [4.69, 9.17) is 14.2 Å². The molecule has 7 nitrogen and oxygen atoms in total. The Balaban J connectivity index is 1.92. The number of esters is 1. The number of benzene rings is 2. The second kappa shape index (κ2) is 11.4. The van der Waals surface area contributed by atoms with Crippen molar-refractivity contribution >= 4 is 35.1 Å². The number of aromatic nitrogens is 1. The number of para-hydroxylation sites is 1. The second-order valence-electron chi connectivity index (χ2n) is 8.93. The van der Waals surface area contributed by atoms with Gasteiger partial charge in [-0.05, 0) is 48.9 Å². The van der Waals surface area contributed by atoms with Gasteiger partial charge < -0.3 is 14.2 Å². The molecule has 0 bridgehead atoms. The van der Waals surface area contributed by atoms with Crippen molar-refractivity contribution in [3.8, 4) is 11.5 Å². The van der Waals surface area contributed by atoms with Crippen LogP contribution in [0.25, 0.3) is 6.08 Å². The van der Waals surface area contributed by atoms with Crippen molar-refractivity contribution in [3.63, 3.8) is 0 Å². The zero-order chi connectivity index (χ0) is 26.7. The van der Waals surface area contributed by atoms with E-state index in [9.17, 15) is 9.59 Å². The largest absolute Gasteiger partial charge is 0.493 e. The van der Waals surface area contributed by atoms with Gasteiger partial charge in [-0.15, -0.1) is 11.8 Å². The topological polar surface area (TPSA) is 79.1 Å². The van der Waals surface area contributed by atoms with Gasteiger partial charge in [0, 0.05) is 10.5 Å². The van der Waals surface area contributed by atoms with Gasteiger partial charge in [0.2, 0.25) is 0 Å². The van der Waals surface area contributed by atoms with Gasteiger partial charge in [-0.2, -0.15) is 0 Å². The molecule has 2 heterocycles. The Kier molecular flexibility index (Phi) is 8.24. The van der Waals surface area contributed by atoms with Crippen molar-refractivity contribution in [1.82, 2.24) is 4.57 Å². The molecule has 0 fully saturated rings. The lowest BCUT2D eigenvalue weighted by molar-refractivity contribution is -0.140. The monoisotopic (exact) mass is 538 g/mol. The molecule has 0 aliphatic carbocycles. The van der Waals surface area contributed by atoms with Crippen LogP contribution < -0.4 is 24.4 Å². The summed E-state index contributed by atoms with van der Waals surface area (Å²) in [4.78, 5) is 33.4. The highest BCUT2D eigenvalue weighted by Crippen LogP contribution is 2.33. The molecule has 1 atom stereocenters. The average molecular weight is 539 g/mol. The number of rotatable bonds is 8. The van der Waals surface area contributed by atoms with Crippen LogP contribution >= 0.6 is 23.1 Å². The summed E-state index contributed by atoms with van der Waals surface area (Å²) in [5.74, 6) is 0.830. The Hall–Kier alpha value is -3.30. The standard InChI is InChI=1S/C28H30N2O5S2/c1-16(2)15-35-27(32)23-17(3)29-28-30(24(23)18-10-12-20(36-6)13-11-18)26(31)22(37-28)14-19-8-7-9-21(33-4)25(19)34-5/h7-14,16,24H,15H2,1-6H3. The van der Waals surface area contributed by atoms with Crippen molar-refractivity contribution in [2.24, 2.45) is 10.9 Å². The number of ether oxygens (including phenoxy) is 3. The van der Waals surface area contributed by atoms with Gasteiger partial charge in [0.15, 0.2) is 16.3 Å². The number of carbonyl (C=O) groups excluding carboxylic acids is 1. The number of nitrogens with zero attached hydrogens (tertiary/aromatic N) is 2. The zero-order valence-corrected chi connectivity index (χ0v) is 23.4. The molecule has 0 N–H and O–H groups in total. The van der Waals surface area contributed by atoms with Gasteiger partial charge in [0.05, 0.1) is 42.7 Å². The molecule has 0 spiro atoms. The van der Waals surface area contributed by atoms with Gasteiger partial charge in [-0.25, -0.2) is 9.79 Å². The second-order valence-corrected chi connectivity index (χ2v) is 10.8. The fourth-order valence-electron chi connectivity index (χ4n) is 4.17. The third-order valence-electron chi connectivity index (χ3n) is 5.94. The number of allylic oxidation sites excluding steroid dienone is 1. The summed E-state index contributed by atoms with van der Waals surface area (Å²) < 4.78 is 18.6. The molecule has 0 amide bonds. The third kappa shape index (κ3) is 5.38. The van der Waals surface area contributed by atoms with E-state index >= 15 is 0 Å². The molecule has 194 valence electrons. The zero-order valence-electron chi connectivity index (χ0n) is 21.7. The Morgan fingerprint density at radius 3 is 2.51 bits per heavy atom. The van der Waals surface area contributed by atoms with E-state index in [0.29, 0.717) is 37.7 Å². The molecule has 3 aromatic rings. The molecule has 1 aliphatic rings. The van der Waals surface area contributed by atoms with Crippen LogP contribution in [-0.2, 0) is 9.53 Å². The fourth-order valence-corrected chi connectivity index (χ4v) is 5.62. The number of thioether (sulfide) groups is 1. The lowest BCUT2D eigenvalue weighted by Crippen LogP contribution is -2.40. The molecule has 2 aromatic carbocycles. The molecule has 0 saturated carbocycles. The summed E-state index contributed by atoms with van der Waals surface area (Å²) in [6, 6.07) is 12.7. The first kappa shape index (κ1) is 26.8. The quantitative estimate of drug-likeness (QED) is 0.316. The maximum Gasteiger partial charge on any atom is 0.338 e. The van der Waals surface area contributed by atoms with Crippen LogP contribution in [0.5, 0.6) is 11.5 Å². The van der Waals surface area contributed by atoms with Crippen molar-refractivity contribution in [2.45, 2.75) is 31.7 Å². The number of fused-ring (bicyclic) bond motifs is 1. The minimum Gasteiger partial charge on any atom is -0.493 e. The Labute approximate surface area is 224 Å². The molecule has 1 aromatic heterocycles. The van der Waals surface area contributed by atoms with Crippen molar-refractivity contribution in [2.75, 3.05) is 27.1 Å². The van der Waals surface area contributed by atoms with Crippen molar-refractivity contribution in [3.05, 3.63) is 84.5 Å². The van der Waals surface area contributed by atoms with Gasteiger partial charge >= 0.3 is 5.97 Å². The summed E-state index contributed by atoms with van der Waals surface area (Å²) in [7, 11) is 3.13. The van der Waals surface area contributed by atoms with Crippen LogP contribution in [0.15, 0.2) is 68.4 Å². The third-order valence-corrected chi connectivity index (χ3v) is 7.67. The molecule has 0 saturated heterocycles. The Bertz CT molecular complexity index is 1520. The normalized spacial score (nSPS) is 15.4. The van der Waals surface area contributed by atoms with Gasteiger partial charge in [-0.3, -0.25) is 9.36 Å². The van der Waals surface area contributed by atoms with Crippen LogP contribution in [0.2, 0.25) is 0 Å². The summed E-state index contributed by atoms with van der Waals surface area (Å²) in [5, 5.41) is 0. The predicted octanol–water partition coefficient (Wildman–Crippen LogP) is 4.17. The minimum absolute atomic E-state index is 0.183. The maximum atomic E-state index is 13.9.